The van der Waals surface area contributed by atoms with Crippen LogP contribution >= 0.6 is 0 Å². The number of likely N-dealkylation sites (tertiary alicyclic amines) is 1. The normalized spacial score (nSPS) is 40.5. The van der Waals surface area contributed by atoms with E-state index in [0.717, 1.165) is 45.4 Å². The number of nitrogens with one attached hydrogen (secondary N) is 1. The molecule has 274 valence electrons. The number of amides is 1. The van der Waals surface area contributed by atoms with Crippen LogP contribution in [-0.2, 0) is 4.79 Å². The summed E-state index contributed by atoms with van der Waals surface area (Å²) in [6, 6.07) is 7.62. The summed E-state index contributed by atoms with van der Waals surface area (Å²) in [5.74, 6) is 2.77. The second kappa shape index (κ2) is 12.9. The number of rotatable bonds is 8. The molecule has 1 heterocycles. The Morgan fingerprint density at radius 3 is 2.28 bits per heavy atom. The van der Waals surface area contributed by atoms with Gasteiger partial charge in [0.05, 0.1) is 5.56 Å². The fraction of sp³-hybridized carbons (Fsp3) is 0.733. The number of hydrogen-bond donors (Lipinski definition) is 2. The first-order valence-corrected chi connectivity index (χ1v) is 20.4. The van der Waals surface area contributed by atoms with Gasteiger partial charge >= 0.3 is 5.97 Å². The molecule has 9 atom stereocenters. The summed E-state index contributed by atoms with van der Waals surface area (Å²) in [4.78, 5) is 26.6. The van der Waals surface area contributed by atoms with E-state index in [1.165, 1.54) is 74.5 Å². The minimum atomic E-state index is -0.861. The topological polar surface area (TPSA) is 69.6 Å². The van der Waals surface area contributed by atoms with Gasteiger partial charge in [-0.2, -0.15) is 0 Å². The van der Waals surface area contributed by atoms with Gasteiger partial charge in [0.1, 0.15) is 0 Å². The summed E-state index contributed by atoms with van der Waals surface area (Å²) in [6.07, 6.45) is 18.3. The Morgan fingerprint density at radius 2 is 1.60 bits per heavy atom. The van der Waals surface area contributed by atoms with Crippen LogP contribution in [0.4, 0.5) is 0 Å². The van der Waals surface area contributed by atoms with Gasteiger partial charge in [-0.05, 0) is 164 Å². The smallest absolute Gasteiger partial charge is 0.335 e. The molecule has 1 aromatic rings. The minimum absolute atomic E-state index is 0.0239. The lowest BCUT2D eigenvalue weighted by Crippen LogP contribution is -2.65. The average molecular weight is 683 g/mol. The van der Waals surface area contributed by atoms with Crippen molar-refractivity contribution in [2.24, 2.45) is 56.7 Å². The number of carboxylic acid groups (broad SMARTS) is 1. The molecular weight excluding hydrogens is 617 g/mol. The van der Waals surface area contributed by atoms with Crippen LogP contribution in [0.1, 0.15) is 141 Å². The maximum atomic E-state index is 13.0. The summed E-state index contributed by atoms with van der Waals surface area (Å²) in [7, 11) is 0. The highest BCUT2D eigenvalue weighted by molar-refractivity contribution is 5.88. The molecule has 0 aromatic heterocycles. The zero-order valence-corrected chi connectivity index (χ0v) is 32.2. The van der Waals surface area contributed by atoms with Crippen molar-refractivity contribution in [3.8, 4) is 0 Å². The van der Waals surface area contributed by atoms with Crippen LogP contribution in [0.3, 0.4) is 0 Å². The van der Waals surface area contributed by atoms with Crippen LogP contribution in [-0.4, -0.2) is 48.1 Å². The molecule has 2 N–H and O–H groups in total. The molecule has 0 unspecified atom stereocenters. The Balaban J connectivity index is 1.12. The largest absolute Gasteiger partial charge is 0.478 e. The fourth-order valence-corrected chi connectivity index (χ4v) is 14.3. The first-order chi connectivity index (χ1) is 23.7. The van der Waals surface area contributed by atoms with Crippen molar-refractivity contribution in [3.05, 3.63) is 53.6 Å². The van der Waals surface area contributed by atoms with Gasteiger partial charge in [-0.1, -0.05) is 65.0 Å². The SMILES string of the molecule is C=C(C)[C@@H]1CC[C@]2(CNCCC(=O)N3CCCCC3)CC[C@]3(C)[C@H](CC[C@@H]4[C@@]5(C)CC=C(c6ccc(C(=O)O)cc6)C(C)(C)[C@@H]5CC[C@]43C)[C@@H]12. The molecule has 5 nitrogen and oxygen atoms in total. The van der Waals surface area contributed by atoms with Gasteiger partial charge in [-0.3, -0.25) is 4.79 Å². The number of carbonyl (C=O) groups excluding carboxylic acids is 1. The van der Waals surface area contributed by atoms with E-state index in [-0.39, 0.29) is 10.8 Å². The zero-order chi connectivity index (χ0) is 35.7. The first-order valence-electron chi connectivity index (χ1n) is 20.4. The molecule has 5 aliphatic carbocycles. The summed E-state index contributed by atoms with van der Waals surface area (Å²) >= 11 is 0. The fourth-order valence-electron chi connectivity index (χ4n) is 14.3. The van der Waals surface area contributed by atoms with Gasteiger partial charge in [-0.25, -0.2) is 4.79 Å². The molecule has 5 fully saturated rings. The number of carboxylic acids is 1. The monoisotopic (exact) mass is 683 g/mol. The quantitative estimate of drug-likeness (QED) is 0.212. The number of benzene rings is 1. The van der Waals surface area contributed by atoms with Crippen LogP contribution in [0.5, 0.6) is 0 Å². The molecular formula is C45H66N2O3. The maximum Gasteiger partial charge on any atom is 0.335 e. The standard InChI is InChI=1S/C45H66N2O3/c1-30(2)33-17-23-45(29-46-26-20-38(48)47-27-9-8-10-28-47)25-24-43(6)35(39(33)45)15-16-37-42(5)21-18-34(31-11-13-32(14-12-31)40(49)50)41(3,4)36(42)19-22-44(37,43)7/h11-14,18,33,35-37,39,46H,1,8-10,15-17,19-29H2,2-7H3,(H,49,50)/t33-,35+,36-,37+,39+,42-,43+,44+,45+/m0/s1. The van der Waals surface area contributed by atoms with Crippen molar-refractivity contribution in [1.29, 1.82) is 0 Å². The summed E-state index contributed by atoms with van der Waals surface area (Å²) in [6.45, 7) is 23.7. The Kier molecular flexibility index (Phi) is 9.30. The molecule has 1 aromatic carbocycles. The van der Waals surface area contributed by atoms with Crippen molar-refractivity contribution < 1.29 is 14.7 Å². The molecule has 1 saturated heterocycles. The molecule has 0 radical (unpaired) electrons. The Hall–Kier alpha value is -2.40. The van der Waals surface area contributed by atoms with Crippen LogP contribution in [0, 0.1) is 56.7 Å². The van der Waals surface area contributed by atoms with E-state index in [2.05, 4.69) is 64.4 Å². The van der Waals surface area contributed by atoms with Crippen LogP contribution in [0.25, 0.3) is 5.57 Å². The Morgan fingerprint density at radius 1 is 0.880 bits per heavy atom. The van der Waals surface area contributed by atoms with Crippen molar-refractivity contribution in [2.75, 3.05) is 26.2 Å². The molecule has 5 heteroatoms. The lowest BCUT2D eigenvalue weighted by atomic mass is 9.32. The summed E-state index contributed by atoms with van der Waals surface area (Å²) in [5.41, 5.74) is 5.54. The highest BCUT2D eigenvalue weighted by atomic mass is 16.4. The number of fused-ring (bicyclic) bond motifs is 7. The highest BCUT2D eigenvalue weighted by Crippen LogP contribution is 2.77. The molecule has 1 amide bonds. The highest BCUT2D eigenvalue weighted by Gasteiger charge is 2.70. The first kappa shape index (κ1) is 36.0. The molecule has 7 rings (SSSR count). The van der Waals surface area contributed by atoms with Gasteiger partial charge in [0.2, 0.25) is 5.91 Å². The lowest BCUT2D eigenvalue weighted by molar-refractivity contribution is -0.225. The van der Waals surface area contributed by atoms with Gasteiger partial charge in [0, 0.05) is 32.6 Å². The van der Waals surface area contributed by atoms with Gasteiger partial charge in [0.15, 0.2) is 0 Å². The number of aromatic carboxylic acids is 1. The molecule has 0 spiro atoms. The van der Waals surface area contributed by atoms with Crippen LogP contribution in [0.15, 0.2) is 42.5 Å². The van der Waals surface area contributed by atoms with Crippen LogP contribution in [0.2, 0.25) is 0 Å². The molecule has 6 aliphatic rings. The van der Waals surface area contributed by atoms with Gasteiger partial charge in [-0.15, -0.1) is 0 Å². The van der Waals surface area contributed by atoms with Gasteiger partial charge < -0.3 is 15.3 Å². The maximum absolute atomic E-state index is 13.0. The molecule has 50 heavy (non-hydrogen) atoms. The number of allylic oxidation sites excluding steroid dienone is 3. The second-order valence-corrected chi connectivity index (χ2v) is 19.3. The zero-order valence-electron chi connectivity index (χ0n) is 32.2. The van der Waals surface area contributed by atoms with E-state index in [9.17, 15) is 14.7 Å². The minimum Gasteiger partial charge on any atom is -0.478 e. The van der Waals surface area contributed by atoms with E-state index < -0.39 is 5.97 Å². The van der Waals surface area contributed by atoms with E-state index in [0.29, 0.717) is 63.7 Å². The van der Waals surface area contributed by atoms with Crippen LogP contribution < -0.4 is 5.32 Å². The van der Waals surface area contributed by atoms with Crippen molar-refractivity contribution >= 4 is 17.4 Å². The van der Waals surface area contributed by atoms with E-state index >= 15 is 0 Å². The number of carbonyl (C=O) groups is 2. The predicted octanol–water partition coefficient (Wildman–Crippen LogP) is 10.0. The lowest BCUT2D eigenvalue weighted by Gasteiger charge is -2.72. The molecule has 1 aliphatic heterocycles. The van der Waals surface area contributed by atoms with Crippen molar-refractivity contribution in [3.63, 3.8) is 0 Å². The van der Waals surface area contributed by atoms with Gasteiger partial charge in [0.25, 0.3) is 0 Å². The number of nitrogens with zero attached hydrogens (tertiary/aromatic N) is 1. The Bertz CT molecular complexity index is 1520. The summed E-state index contributed by atoms with van der Waals surface area (Å²) in [5, 5.41) is 13.4. The third-order valence-corrected chi connectivity index (χ3v) is 17.0. The van der Waals surface area contributed by atoms with Crippen molar-refractivity contribution in [2.45, 2.75) is 125 Å². The number of piperidine rings is 1. The van der Waals surface area contributed by atoms with E-state index in [4.69, 9.17) is 0 Å². The predicted molar refractivity (Wildman–Crippen MR) is 204 cm³/mol. The Labute approximate surface area is 303 Å². The van der Waals surface area contributed by atoms with Crippen molar-refractivity contribution in [1.82, 2.24) is 10.2 Å². The average Bonchev–Trinajstić information content (AvgIpc) is 3.47. The third kappa shape index (κ3) is 5.48. The second-order valence-electron chi connectivity index (χ2n) is 19.3. The molecule has 4 saturated carbocycles. The number of hydrogen-bond acceptors (Lipinski definition) is 3. The van der Waals surface area contributed by atoms with E-state index in [1.807, 2.05) is 12.1 Å². The summed E-state index contributed by atoms with van der Waals surface area (Å²) < 4.78 is 0. The van der Waals surface area contributed by atoms with E-state index in [1.54, 1.807) is 12.1 Å². The third-order valence-electron chi connectivity index (χ3n) is 17.0. The molecule has 0 bridgehead atoms.